The number of aromatic nitrogens is 1. The fourth-order valence-corrected chi connectivity index (χ4v) is 5.75. The van der Waals surface area contributed by atoms with Crippen LogP contribution in [0.15, 0.2) is 84.9 Å². The maximum Gasteiger partial charge on any atom is 0.417 e. The molecule has 0 unspecified atom stereocenters. The van der Waals surface area contributed by atoms with Crippen LogP contribution in [-0.4, -0.2) is 21.6 Å². The number of aromatic carboxylic acids is 1. The number of nitrogens with one attached hydrogen (secondary N) is 1. The summed E-state index contributed by atoms with van der Waals surface area (Å²) in [7, 11) is 0. The van der Waals surface area contributed by atoms with Gasteiger partial charge in [0, 0.05) is 28.7 Å². The molecule has 0 saturated carbocycles. The molecule has 0 radical (unpaired) electrons. The Labute approximate surface area is 251 Å². The van der Waals surface area contributed by atoms with Gasteiger partial charge >= 0.3 is 12.1 Å². The molecule has 9 heteroatoms. The second-order valence-corrected chi connectivity index (χ2v) is 10.9. The van der Waals surface area contributed by atoms with E-state index in [4.69, 9.17) is 11.6 Å². The predicted octanol–water partition coefficient (Wildman–Crippen LogP) is 8.83. The first kappa shape index (κ1) is 29.9. The van der Waals surface area contributed by atoms with Gasteiger partial charge in [0.2, 0.25) is 0 Å². The second-order valence-electron chi connectivity index (χ2n) is 10.5. The van der Waals surface area contributed by atoms with Gasteiger partial charge in [0.15, 0.2) is 0 Å². The fraction of sp³-hybridized carbons (Fsp3) is 0.176. The summed E-state index contributed by atoms with van der Waals surface area (Å²) in [5, 5.41) is 12.8. The summed E-state index contributed by atoms with van der Waals surface area (Å²) in [4.78, 5) is 24.8. The summed E-state index contributed by atoms with van der Waals surface area (Å²) in [5.74, 6) is -1.41. The average Bonchev–Trinajstić information content (AvgIpc) is 3.21. The lowest BCUT2D eigenvalue weighted by molar-refractivity contribution is -0.137. The van der Waals surface area contributed by atoms with Gasteiger partial charge in [-0.2, -0.15) is 13.2 Å². The summed E-state index contributed by atoms with van der Waals surface area (Å²) >= 11 is 6.06. The van der Waals surface area contributed by atoms with Crippen molar-refractivity contribution in [1.29, 1.82) is 0 Å². The zero-order valence-corrected chi connectivity index (χ0v) is 24.3. The molecule has 220 valence electrons. The van der Waals surface area contributed by atoms with Crippen molar-refractivity contribution in [3.05, 3.63) is 129 Å². The number of aryl methyl sites for hydroxylation is 1. The number of rotatable bonds is 7. The van der Waals surface area contributed by atoms with E-state index in [1.54, 1.807) is 37.3 Å². The van der Waals surface area contributed by atoms with Crippen molar-refractivity contribution in [1.82, 2.24) is 9.88 Å². The number of halogens is 4. The monoisotopic (exact) mass is 604 g/mol. The molecule has 0 fully saturated rings. The number of benzene rings is 4. The fourth-order valence-electron chi connectivity index (χ4n) is 5.35. The van der Waals surface area contributed by atoms with Gasteiger partial charge in [0.1, 0.15) is 0 Å². The van der Waals surface area contributed by atoms with Gasteiger partial charge in [0.25, 0.3) is 5.91 Å². The number of hydrogen-bond donors (Lipinski definition) is 2. The van der Waals surface area contributed by atoms with Crippen LogP contribution in [-0.2, 0) is 12.7 Å². The van der Waals surface area contributed by atoms with Gasteiger partial charge in [-0.05, 0) is 78.9 Å². The minimum Gasteiger partial charge on any atom is -0.478 e. The molecule has 2 N–H and O–H groups in total. The van der Waals surface area contributed by atoms with E-state index in [1.165, 1.54) is 12.1 Å². The van der Waals surface area contributed by atoms with Crippen LogP contribution < -0.4 is 5.32 Å². The molecule has 5 rings (SSSR count). The largest absolute Gasteiger partial charge is 0.478 e. The van der Waals surface area contributed by atoms with Crippen molar-refractivity contribution >= 4 is 34.4 Å². The second kappa shape index (κ2) is 11.6. The molecule has 1 amide bonds. The first-order valence-electron chi connectivity index (χ1n) is 13.5. The third kappa shape index (κ3) is 5.88. The molecule has 0 aliphatic heterocycles. The number of carbonyl (C=O) groups excluding carboxylic acids is 1. The van der Waals surface area contributed by atoms with Gasteiger partial charge in [-0.3, -0.25) is 4.79 Å². The van der Waals surface area contributed by atoms with Gasteiger partial charge in [-0.1, -0.05) is 66.2 Å². The topological polar surface area (TPSA) is 71.3 Å². The van der Waals surface area contributed by atoms with E-state index in [-0.39, 0.29) is 11.1 Å². The van der Waals surface area contributed by atoms with Crippen molar-refractivity contribution in [2.45, 2.75) is 39.5 Å². The molecular weight excluding hydrogens is 577 g/mol. The molecule has 0 spiro atoms. The van der Waals surface area contributed by atoms with Crippen molar-refractivity contribution in [2.24, 2.45) is 0 Å². The summed E-state index contributed by atoms with van der Waals surface area (Å²) in [6.45, 7) is 6.14. The Morgan fingerprint density at radius 2 is 1.65 bits per heavy atom. The Kier molecular flexibility index (Phi) is 8.08. The van der Waals surface area contributed by atoms with E-state index in [0.29, 0.717) is 17.7 Å². The Bertz CT molecular complexity index is 1860. The van der Waals surface area contributed by atoms with Crippen LogP contribution in [0.4, 0.5) is 13.2 Å². The number of carboxylic acid groups (broad SMARTS) is 1. The molecular formula is C34H28ClF3N2O3. The minimum atomic E-state index is -4.60. The molecule has 0 saturated heterocycles. The summed E-state index contributed by atoms with van der Waals surface area (Å²) < 4.78 is 42.1. The molecule has 0 bridgehead atoms. The first-order chi connectivity index (χ1) is 20.4. The summed E-state index contributed by atoms with van der Waals surface area (Å²) in [6, 6.07) is 22.9. The SMILES string of the molecule is Cc1c(C)n(Cc2ccc(-c3ccccc3C(=O)O)cc2)c2ccc(C(=O)N[C@@H](C)c3cccc(C(F)(F)F)c3Cl)cc12. The van der Waals surface area contributed by atoms with Crippen LogP contribution in [0.5, 0.6) is 0 Å². The molecule has 0 aliphatic rings. The molecule has 5 nitrogen and oxygen atoms in total. The third-order valence-corrected chi connectivity index (χ3v) is 8.23. The summed E-state index contributed by atoms with van der Waals surface area (Å²) in [6.07, 6.45) is -4.60. The number of amides is 1. The molecule has 1 heterocycles. The third-order valence-electron chi connectivity index (χ3n) is 7.81. The van der Waals surface area contributed by atoms with Crippen LogP contribution >= 0.6 is 11.6 Å². The maximum atomic E-state index is 13.3. The lowest BCUT2D eigenvalue weighted by Crippen LogP contribution is -2.27. The highest BCUT2D eigenvalue weighted by molar-refractivity contribution is 6.32. The average molecular weight is 605 g/mol. The number of nitrogens with zero attached hydrogens (tertiary/aromatic N) is 1. The normalized spacial score (nSPS) is 12.3. The highest BCUT2D eigenvalue weighted by atomic mass is 35.5. The van der Waals surface area contributed by atoms with Crippen molar-refractivity contribution in [3.63, 3.8) is 0 Å². The Morgan fingerprint density at radius 1 is 0.953 bits per heavy atom. The Hall–Kier alpha value is -4.56. The van der Waals surface area contributed by atoms with Crippen molar-refractivity contribution in [3.8, 4) is 11.1 Å². The molecule has 5 aromatic rings. The van der Waals surface area contributed by atoms with Crippen LogP contribution in [0.25, 0.3) is 22.0 Å². The van der Waals surface area contributed by atoms with Crippen LogP contribution in [0.1, 0.15) is 61.6 Å². The Balaban J connectivity index is 1.38. The van der Waals surface area contributed by atoms with E-state index in [0.717, 1.165) is 39.4 Å². The molecule has 1 atom stereocenters. The lowest BCUT2D eigenvalue weighted by Gasteiger charge is -2.18. The number of fused-ring (bicyclic) bond motifs is 1. The zero-order chi connectivity index (χ0) is 31.1. The number of alkyl halides is 3. The van der Waals surface area contributed by atoms with Gasteiger partial charge in [-0.15, -0.1) is 0 Å². The van der Waals surface area contributed by atoms with E-state index in [2.05, 4.69) is 9.88 Å². The van der Waals surface area contributed by atoms with Crippen LogP contribution in [0.3, 0.4) is 0 Å². The maximum absolute atomic E-state index is 13.3. The highest BCUT2D eigenvalue weighted by Gasteiger charge is 2.34. The van der Waals surface area contributed by atoms with E-state index < -0.39 is 34.7 Å². The van der Waals surface area contributed by atoms with Crippen molar-refractivity contribution in [2.75, 3.05) is 0 Å². The number of carboxylic acids is 1. The molecule has 1 aromatic heterocycles. The van der Waals surface area contributed by atoms with E-state index >= 15 is 0 Å². The highest BCUT2D eigenvalue weighted by Crippen LogP contribution is 2.38. The Morgan fingerprint density at radius 3 is 2.33 bits per heavy atom. The standard InChI is InChI=1S/C34H28ClF3N2O3/c1-19-21(3)40(18-22-11-13-23(14-12-22)26-7-4-5-8-27(26)33(42)43)30-16-15-24(17-28(19)30)32(41)39-20(2)25-9-6-10-29(31(25)35)34(36,37)38/h4-17,20H,18H2,1-3H3,(H,39,41)(H,42,43)/t20-/m0/s1. The van der Waals surface area contributed by atoms with E-state index in [1.807, 2.05) is 50.2 Å². The molecule has 0 aliphatic carbocycles. The predicted molar refractivity (Wildman–Crippen MR) is 162 cm³/mol. The minimum absolute atomic E-state index is 0.182. The first-order valence-corrected chi connectivity index (χ1v) is 13.9. The zero-order valence-electron chi connectivity index (χ0n) is 23.6. The van der Waals surface area contributed by atoms with Crippen molar-refractivity contribution < 1.29 is 27.9 Å². The van der Waals surface area contributed by atoms with Crippen LogP contribution in [0, 0.1) is 13.8 Å². The van der Waals surface area contributed by atoms with E-state index in [9.17, 15) is 27.9 Å². The lowest BCUT2D eigenvalue weighted by atomic mass is 9.99. The van der Waals surface area contributed by atoms with Gasteiger partial charge < -0.3 is 15.0 Å². The number of hydrogen-bond acceptors (Lipinski definition) is 2. The smallest absolute Gasteiger partial charge is 0.417 e. The van der Waals surface area contributed by atoms with Crippen LogP contribution in [0.2, 0.25) is 5.02 Å². The number of carbonyl (C=O) groups is 2. The quantitative estimate of drug-likeness (QED) is 0.195. The molecule has 4 aromatic carbocycles. The summed E-state index contributed by atoms with van der Waals surface area (Å²) in [5.41, 5.74) is 5.30. The van der Waals surface area contributed by atoms with Gasteiger partial charge in [-0.25, -0.2) is 4.79 Å². The van der Waals surface area contributed by atoms with Gasteiger partial charge in [0.05, 0.1) is 22.2 Å². The molecule has 43 heavy (non-hydrogen) atoms.